The summed E-state index contributed by atoms with van der Waals surface area (Å²) in [4.78, 5) is 16.9. The van der Waals surface area contributed by atoms with Crippen LogP contribution in [0.4, 0.5) is 4.79 Å². The van der Waals surface area contributed by atoms with Crippen LogP contribution in [0.3, 0.4) is 0 Å². The third-order valence-electron chi connectivity index (χ3n) is 5.45. The quantitative estimate of drug-likeness (QED) is 0.802. The average Bonchev–Trinajstić information content (AvgIpc) is 2.97. The molecular formula is C16H28N2O2. The molecule has 3 atom stereocenters. The number of carbonyl (C=O) groups excluding carboxylic acids is 1. The van der Waals surface area contributed by atoms with Crippen LogP contribution in [-0.2, 0) is 0 Å². The number of likely N-dealkylation sites (tertiary alicyclic amines) is 2. The molecule has 2 saturated heterocycles. The molecule has 2 heterocycles. The Hall–Kier alpha value is -0.770. The molecule has 3 fully saturated rings. The number of piperidine rings is 1. The van der Waals surface area contributed by atoms with Gasteiger partial charge in [0.15, 0.2) is 0 Å². The van der Waals surface area contributed by atoms with Crippen LogP contribution in [-0.4, -0.2) is 52.7 Å². The van der Waals surface area contributed by atoms with E-state index in [0.29, 0.717) is 12.0 Å². The summed E-state index contributed by atoms with van der Waals surface area (Å²) in [5, 5.41) is 10.3. The topological polar surface area (TPSA) is 43.8 Å². The predicted octanol–water partition coefficient (Wildman–Crippen LogP) is 2.61. The van der Waals surface area contributed by atoms with Crippen molar-refractivity contribution in [3.8, 4) is 0 Å². The molecule has 3 aliphatic rings. The van der Waals surface area contributed by atoms with E-state index in [2.05, 4.69) is 4.90 Å². The summed E-state index contributed by atoms with van der Waals surface area (Å²) < 4.78 is 0. The molecule has 1 saturated carbocycles. The average molecular weight is 280 g/mol. The van der Waals surface area contributed by atoms with E-state index >= 15 is 0 Å². The zero-order valence-electron chi connectivity index (χ0n) is 12.5. The number of carbonyl (C=O) groups is 1. The Bertz CT molecular complexity index is 341. The number of hydrogen-bond donors (Lipinski definition) is 1. The van der Waals surface area contributed by atoms with E-state index < -0.39 is 0 Å². The van der Waals surface area contributed by atoms with Gasteiger partial charge in [0.2, 0.25) is 0 Å². The van der Waals surface area contributed by atoms with Gasteiger partial charge >= 0.3 is 6.03 Å². The second-order valence-corrected chi connectivity index (χ2v) is 6.75. The molecule has 20 heavy (non-hydrogen) atoms. The lowest BCUT2D eigenvalue weighted by Gasteiger charge is -2.40. The van der Waals surface area contributed by atoms with E-state index in [4.69, 9.17) is 0 Å². The molecule has 4 nitrogen and oxygen atoms in total. The van der Waals surface area contributed by atoms with Gasteiger partial charge in [-0.25, -0.2) is 4.79 Å². The predicted molar refractivity (Wildman–Crippen MR) is 78.5 cm³/mol. The number of rotatable bonds is 1. The maximum absolute atomic E-state index is 12.7. The van der Waals surface area contributed by atoms with Gasteiger partial charge in [-0.15, -0.1) is 0 Å². The van der Waals surface area contributed by atoms with Gasteiger partial charge in [-0.1, -0.05) is 12.8 Å². The number of hydrogen-bond acceptors (Lipinski definition) is 2. The van der Waals surface area contributed by atoms with E-state index in [1.165, 1.54) is 12.8 Å². The minimum Gasteiger partial charge on any atom is -0.393 e. The van der Waals surface area contributed by atoms with Crippen molar-refractivity contribution in [2.24, 2.45) is 5.92 Å². The first-order chi connectivity index (χ1) is 9.77. The smallest absolute Gasteiger partial charge is 0.320 e. The van der Waals surface area contributed by atoms with Crippen LogP contribution in [0.2, 0.25) is 0 Å². The summed E-state index contributed by atoms with van der Waals surface area (Å²) in [6, 6.07) is 0.532. The highest BCUT2D eigenvalue weighted by molar-refractivity contribution is 5.75. The highest BCUT2D eigenvalue weighted by Gasteiger charge is 2.40. The van der Waals surface area contributed by atoms with Crippen molar-refractivity contribution in [1.82, 2.24) is 9.80 Å². The van der Waals surface area contributed by atoms with Gasteiger partial charge in [0.25, 0.3) is 0 Å². The lowest BCUT2D eigenvalue weighted by Crippen LogP contribution is -2.51. The van der Waals surface area contributed by atoms with Crippen molar-refractivity contribution in [1.29, 1.82) is 0 Å². The fourth-order valence-corrected chi connectivity index (χ4v) is 4.33. The second kappa shape index (κ2) is 6.33. The van der Waals surface area contributed by atoms with Crippen molar-refractivity contribution in [2.75, 3.05) is 19.6 Å². The van der Waals surface area contributed by atoms with Crippen molar-refractivity contribution in [3.63, 3.8) is 0 Å². The summed E-state index contributed by atoms with van der Waals surface area (Å²) in [7, 11) is 0. The molecule has 0 aromatic carbocycles. The molecule has 2 aliphatic heterocycles. The monoisotopic (exact) mass is 280 g/mol. The van der Waals surface area contributed by atoms with Crippen LogP contribution in [0.1, 0.15) is 57.8 Å². The minimum atomic E-state index is -0.191. The maximum Gasteiger partial charge on any atom is 0.320 e. The number of aliphatic hydroxyl groups excluding tert-OH is 1. The zero-order chi connectivity index (χ0) is 13.9. The van der Waals surface area contributed by atoms with Gasteiger partial charge in [0, 0.05) is 31.6 Å². The molecule has 1 aliphatic carbocycles. The summed E-state index contributed by atoms with van der Waals surface area (Å²) in [6.45, 7) is 2.74. The van der Waals surface area contributed by atoms with Gasteiger partial charge in [-0.05, 0) is 44.9 Å². The van der Waals surface area contributed by atoms with Crippen LogP contribution in [0.5, 0.6) is 0 Å². The van der Waals surface area contributed by atoms with Gasteiger partial charge in [-0.3, -0.25) is 0 Å². The van der Waals surface area contributed by atoms with E-state index in [1.54, 1.807) is 0 Å². The molecule has 3 unspecified atom stereocenters. The molecule has 0 aromatic rings. The fraction of sp³-hybridized carbons (Fsp3) is 0.938. The first kappa shape index (κ1) is 14.2. The van der Waals surface area contributed by atoms with Crippen molar-refractivity contribution in [2.45, 2.75) is 69.9 Å². The first-order valence-corrected chi connectivity index (χ1v) is 8.51. The Morgan fingerprint density at radius 1 is 0.850 bits per heavy atom. The van der Waals surface area contributed by atoms with Crippen LogP contribution in [0.15, 0.2) is 0 Å². The summed E-state index contributed by atoms with van der Waals surface area (Å²) in [5.41, 5.74) is 0. The molecule has 0 radical (unpaired) electrons. The van der Waals surface area contributed by atoms with Crippen LogP contribution in [0.25, 0.3) is 0 Å². The largest absolute Gasteiger partial charge is 0.393 e. The van der Waals surface area contributed by atoms with E-state index in [9.17, 15) is 9.90 Å². The lowest BCUT2D eigenvalue weighted by atomic mass is 9.80. The third-order valence-corrected chi connectivity index (χ3v) is 5.45. The molecule has 0 spiro atoms. The molecular weight excluding hydrogens is 252 g/mol. The van der Waals surface area contributed by atoms with Crippen LogP contribution < -0.4 is 0 Å². The SMILES string of the molecule is O=C(N1CCCCC1)N1CCCC1C1CCCCC1O. The number of urea groups is 1. The normalized spacial score (nSPS) is 35.4. The maximum atomic E-state index is 12.7. The third kappa shape index (κ3) is 2.80. The number of aliphatic hydroxyl groups is 1. The zero-order valence-corrected chi connectivity index (χ0v) is 12.5. The lowest BCUT2D eigenvalue weighted by molar-refractivity contribution is 0.0257. The van der Waals surface area contributed by atoms with E-state index in [0.717, 1.165) is 64.6 Å². The summed E-state index contributed by atoms with van der Waals surface area (Å²) in [5.74, 6) is 0.319. The van der Waals surface area contributed by atoms with Crippen LogP contribution >= 0.6 is 0 Å². The minimum absolute atomic E-state index is 0.191. The molecule has 114 valence electrons. The van der Waals surface area contributed by atoms with Gasteiger partial charge < -0.3 is 14.9 Å². The molecule has 1 N–H and O–H groups in total. The Labute approximate surface area is 122 Å². The molecule has 0 bridgehead atoms. The Morgan fingerprint density at radius 2 is 1.60 bits per heavy atom. The van der Waals surface area contributed by atoms with Crippen molar-refractivity contribution >= 4 is 6.03 Å². The summed E-state index contributed by atoms with van der Waals surface area (Å²) >= 11 is 0. The second-order valence-electron chi connectivity index (χ2n) is 6.75. The van der Waals surface area contributed by atoms with E-state index in [1.807, 2.05) is 4.90 Å². The number of nitrogens with zero attached hydrogens (tertiary/aromatic N) is 2. The molecule has 2 amide bonds. The van der Waals surface area contributed by atoms with Gasteiger partial charge in [0.1, 0.15) is 0 Å². The Balaban J connectivity index is 1.66. The molecule has 4 heteroatoms. The Kier molecular flexibility index (Phi) is 4.49. The Morgan fingerprint density at radius 3 is 2.35 bits per heavy atom. The highest BCUT2D eigenvalue weighted by Crippen LogP contribution is 2.35. The van der Waals surface area contributed by atoms with E-state index in [-0.39, 0.29) is 12.1 Å². The number of amides is 2. The van der Waals surface area contributed by atoms with Crippen molar-refractivity contribution in [3.05, 3.63) is 0 Å². The first-order valence-electron chi connectivity index (χ1n) is 8.51. The summed E-state index contributed by atoms with van der Waals surface area (Å²) in [6.07, 6.45) is 9.93. The van der Waals surface area contributed by atoms with Crippen molar-refractivity contribution < 1.29 is 9.90 Å². The van der Waals surface area contributed by atoms with Crippen LogP contribution in [0, 0.1) is 5.92 Å². The van der Waals surface area contributed by atoms with Gasteiger partial charge in [0.05, 0.1) is 6.10 Å². The standard InChI is InChI=1S/C16H28N2O2/c19-15-9-3-2-7-13(15)14-8-6-12-18(14)16(20)17-10-4-1-5-11-17/h13-15,19H,1-12H2. The molecule has 0 aromatic heterocycles. The van der Waals surface area contributed by atoms with Gasteiger partial charge in [-0.2, -0.15) is 0 Å². The molecule has 3 rings (SSSR count). The highest BCUT2D eigenvalue weighted by atomic mass is 16.3. The fourth-order valence-electron chi connectivity index (χ4n) is 4.33.